The fourth-order valence-electron chi connectivity index (χ4n) is 3.65. The summed E-state index contributed by atoms with van der Waals surface area (Å²) in [5.74, 6) is 3.15. The Morgan fingerprint density at radius 2 is 0.605 bits per heavy atom. The molecule has 6 aliphatic rings. The second-order valence-corrected chi connectivity index (χ2v) is 17.8. The van der Waals surface area contributed by atoms with E-state index in [0.717, 1.165) is 23.0 Å². The van der Waals surface area contributed by atoms with Gasteiger partial charge < -0.3 is 37.9 Å². The summed E-state index contributed by atoms with van der Waals surface area (Å²) in [5.41, 5.74) is 0. The standard InChI is InChI=1S/C22H28O8S8/c1-2-24-13(23-1)9-31-17-18(32-10-14-25-3-4-26-14)36-21(35-17)22-37-19(33-11-15-27-5-6-28-15)20(38-22)34-12-16-29-7-8-30-16/h13-16H,1-12H2. The van der Waals surface area contributed by atoms with E-state index in [1.807, 2.05) is 94.1 Å². The summed E-state index contributed by atoms with van der Waals surface area (Å²) < 4.78 is 53.3. The lowest BCUT2D eigenvalue weighted by molar-refractivity contribution is -0.0217. The summed E-state index contributed by atoms with van der Waals surface area (Å²) in [4.78, 5) is 0. The van der Waals surface area contributed by atoms with Crippen LogP contribution in [0.15, 0.2) is 25.4 Å². The van der Waals surface area contributed by atoms with Crippen LogP contribution in [0.25, 0.3) is 0 Å². The van der Waals surface area contributed by atoms with Crippen molar-refractivity contribution in [3.8, 4) is 0 Å². The molecule has 0 radical (unpaired) electrons. The molecule has 0 unspecified atom stereocenters. The van der Waals surface area contributed by atoms with E-state index in [0.29, 0.717) is 52.9 Å². The number of ether oxygens (including phenoxy) is 8. The Morgan fingerprint density at radius 1 is 0.395 bits per heavy atom. The summed E-state index contributed by atoms with van der Waals surface area (Å²) in [6.07, 6.45) is -0.535. The first-order chi connectivity index (χ1) is 18.8. The minimum Gasteiger partial charge on any atom is -0.349 e. The van der Waals surface area contributed by atoms with Crippen molar-refractivity contribution in [2.45, 2.75) is 25.2 Å². The molecule has 0 N–H and O–H groups in total. The molecular formula is C22H28O8S8. The van der Waals surface area contributed by atoms with Crippen LogP contribution in [0.5, 0.6) is 0 Å². The number of hydrogen-bond donors (Lipinski definition) is 0. The Kier molecular flexibility index (Phi) is 12.1. The van der Waals surface area contributed by atoms with Crippen molar-refractivity contribution in [1.82, 2.24) is 0 Å². The summed E-state index contributed by atoms with van der Waals surface area (Å²) in [5, 5.41) is 0. The Labute approximate surface area is 256 Å². The van der Waals surface area contributed by atoms with Gasteiger partial charge in [0.05, 0.1) is 78.3 Å². The fraction of sp³-hybridized carbons (Fsp3) is 0.727. The lowest BCUT2D eigenvalue weighted by Gasteiger charge is -2.11. The zero-order valence-electron chi connectivity index (χ0n) is 20.3. The molecule has 4 fully saturated rings. The lowest BCUT2D eigenvalue weighted by atomic mass is 10.8. The van der Waals surface area contributed by atoms with E-state index in [1.165, 1.54) is 25.4 Å². The summed E-state index contributed by atoms with van der Waals surface area (Å²) in [6, 6.07) is 0. The van der Waals surface area contributed by atoms with Gasteiger partial charge in [-0.2, -0.15) is 0 Å². The van der Waals surface area contributed by atoms with Crippen LogP contribution < -0.4 is 0 Å². The van der Waals surface area contributed by atoms with Crippen LogP contribution in [0.3, 0.4) is 0 Å². The van der Waals surface area contributed by atoms with Crippen molar-refractivity contribution in [2.24, 2.45) is 0 Å². The summed E-state index contributed by atoms with van der Waals surface area (Å²) in [6.45, 7) is 5.39. The Balaban J connectivity index is 1.11. The van der Waals surface area contributed by atoms with Gasteiger partial charge in [-0.1, -0.05) is 47.0 Å². The maximum atomic E-state index is 5.68. The van der Waals surface area contributed by atoms with Crippen molar-refractivity contribution < 1.29 is 37.9 Å². The zero-order valence-corrected chi connectivity index (χ0v) is 26.9. The van der Waals surface area contributed by atoms with Gasteiger partial charge in [0, 0.05) is 23.0 Å². The lowest BCUT2D eigenvalue weighted by Crippen LogP contribution is -2.11. The van der Waals surface area contributed by atoms with Gasteiger partial charge in [-0.15, -0.1) is 47.0 Å². The van der Waals surface area contributed by atoms with Crippen molar-refractivity contribution in [3.63, 3.8) is 0 Å². The van der Waals surface area contributed by atoms with Crippen LogP contribution in [0.2, 0.25) is 0 Å². The van der Waals surface area contributed by atoms with Gasteiger partial charge >= 0.3 is 0 Å². The molecule has 0 spiro atoms. The van der Waals surface area contributed by atoms with Crippen molar-refractivity contribution in [1.29, 1.82) is 0 Å². The van der Waals surface area contributed by atoms with Crippen LogP contribution >= 0.6 is 94.1 Å². The molecule has 6 rings (SSSR count). The average molecular weight is 677 g/mol. The summed E-state index contributed by atoms with van der Waals surface area (Å²) in [7, 11) is 0. The fourth-order valence-corrected chi connectivity index (χ4v) is 15.5. The molecule has 4 saturated heterocycles. The van der Waals surface area contributed by atoms with Crippen LogP contribution in [-0.2, 0) is 37.9 Å². The third-order valence-electron chi connectivity index (χ3n) is 5.41. The van der Waals surface area contributed by atoms with Gasteiger partial charge in [0.25, 0.3) is 0 Å². The minimum atomic E-state index is -0.134. The number of hydrogen-bond acceptors (Lipinski definition) is 16. The molecule has 0 aromatic carbocycles. The molecule has 0 aromatic rings. The van der Waals surface area contributed by atoms with E-state index in [-0.39, 0.29) is 25.2 Å². The molecule has 0 bridgehead atoms. The van der Waals surface area contributed by atoms with Crippen molar-refractivity contribution in [3.05, 3.63) is 25.4 Å². The summed E-state index contributed by atoms with van der Waals surface area (Å²) >= 11 is 14.7. The Hall–Kier alpha value is 1.70. The zero-order chi connectivity index (χ0) is 25.6. The van der Waals surface area contributed by atoms with E-state index >= 15 is 0 Å². The SMILES string of the molecule is C1COC(CSC2=C(SCC3OCCO3)SC(=C3SC(SCC4OCCO4)=C(SCC4OCCO4)S3)S2)O1. The van der Waals surface area contributed by atoms with Gasteiger partial charge in [0.1, 0.15) is 0 Å². The molecule has 16 heteroatoms. The van der Waals surface area contributed by atoms with Crippen LogP contribution in [0.4, 0.5) is 0 Å². The molecule has 6 aliphatic heterocycles. The second-order valence-electron chi connectivity index (χ2n) is 8.06. The van der Waals surface area contributed by atoms with E-state index < -0.39 is 0 Å². The minimum absolute atomic E-state index is 0.134. The predicted octanol–water partition coefficient (Wildman–Crippen LogP) is 5.75. The molecule has 0 amide bonds. The van der Waals surface area contributed by atoms with E-state index in [2.05, 4.69) is 0 Å². The van der Waals surface area contributed by atoms with Crippen LogP contribution in [-0.4, -0.2) is 101 Å². The Morgan fingerprint density at radius 3 is 0.816 bits per heavy atom. The van der Waals surface area contributed by atoms with E-state index in [1.54, 1.807) is 0 Å². The number of rotatable bonds is 12. The van der Waals surface area contributed by atoms with Crippen LogP contribution in [0.1, 0.15) is 0 Å². The highest BCUT2D eigenvalue weighted by Gasteiger charge is 2.33. The van der Waals surface area contributed by atoms with Gasteiger partial charge in [0.2, 0.25) is 0 Å². The van der Waals surface area contributed by atoms with E-state index in [4.69, 9.17) is 37.9 Å². The molecule has 8 nitrogen and oxygen atoms in total. The highest BCUT2D eigenvalue weighted by atomic mass is 32.3. The molecule has 0 aliphatic carbocycles. The maximum absolute atomic E-state index is 5.68. The topological polar surface area (TPSA) is 73.8 Å². The smallest absolute Gasteiger partial charge is 0.167 e. The van der Waals surface area contributed by atoms with Gasteiger partial charge in [-0.25, -0.2) is 0 Å². The maximum Gasteiger partial charge on any atom is 0.167 e. The van der Waals surface area contributed by atoms with Gasteiger partial charge in [0.15, 0.2) is 25.2 Å². The first-order valence-electron chi connectivity index (χ1n) is 12.2. The first-order valence-corrected chi connectivity index (χ1v) is 19.4. The highest BCUT2D eigenvalue weighted by Crippen LogP contribution is 2.66. The average Bonchev–Trinajstić information content (AvgIpc) is 3.78. The second kappa shape index (κ2) is 15.4. The number of thioether (sulfide) groups is 8. The van der Waals surface area contributed by atoms with Crippen LogP contribution in [0, 0.1) is 0 Å². The molecule has 212 valence electrons. The molecule has 6 heterocycles. The largest absolute Gasteiger partial charge is 0.349 e. The van der Waals surface area contributed by atoms with Gasteiger partial charge in [-0.05, 0) is 0 Å². The quantitative estimate of drug-likeness (QED) is 0.252. The molecule has 0 saturated carbocycles. The molecular weight excluding hydrogens is 649 g/mol. The van der Waals surface area contributed by atoms with E-state index in [9.17, 15) is 0 Å². The van der Waals surface area contributed by atoms with Crippen molar-refractivity contribution >= 4 is 94.1 Å². The molecule has 38 heavy (non-hydrogen) atoms. The van der Waals surface area contributed by atoms with Crippen molar-refractivity contribution in [2.75, 3.05) is 75.9 Å². The third-order valence-corrected chi connectivity index (χ3v) is 17.1. The predicted molar refractivity (Wildman–Crippen MR) is 164 cm³/mol. The first kappa shape index (κ1) is 29.8. The molecule has 0 aromatic heterocycles. The monoisotopic (exact) mass is 676 g/mol. The highest BCUT2D eigenvalue weighted by molar-refractivity contribution is 8.45. The normalized spacial score (nSPS) is 26.5. The van der Waals surface area contributed by atoms with Gasteiger partial charge in [-0.3, -0.25) is 0 Å². The Bertz CT molecular complexity index is 769. The molecule has 0 atom stereocenters. The third kappa shape index (κ3) is 8.41.